The van der Waals surface area contributed by atoms with Crippen molar-refractivity contribution in [1.29, 1.82) is 0 Å². The third kappa shape index (κ3) is 18.1. The summed E-state index contributed by atoms with van der Waals surface area (Å²) in [4.78, 5) is 124. The Labute approximate surface area is 472 Å². The van der Waals surface area contributed by atoms with Crippen LogP contribution in [-0.4, -0.2) is 137 Å². The van der Waals surface area contributed by atoms with Gasteiger partial charge in [-0.25, -0.2) is 19.4 Å². The van der Waals surface area contributed by atoms with E-state index >= 15 is 9.59 Å². The molecule has 0 saturated carbocycles. The molecule has 21 heteroatoms. The molecular formula is C60H74N10O11. The van der Waals surface area contributed by atoms with Crippen molar-refractivity contribution in [1.82, 2.24) is 46.4 Å². The normalized spacial score (nSPS) is 15.1. The molecule has 5 aromatic rings. The highest BCUT2D eigenvalue weighted by molar-refractivity contribution is 5.98. The largest absolute Gasteiger partial charge is 0.467 e. The Kier molecular flexibility index (Phi) is 21.1. The van der Waals surface area contributed by atoms with E-state index in [1.54, 1.807) is 76.9 Å². The highest BCUT2D eigenvalue weighted by Crippen LogP contribution is 2.37. The van der Waals surface area contributed by atoms with Crippen LogP contribution in [0, 0.1) is 0 Å². The average molecular weight is 1110 g/mol. The van der Waals surface area contributed by atoms with Crippen molar-refractivity contribution in [2.45, 2.75) is 134 Å². The first kappa shape index (κ1) is 61.3. The maximum atomic E-state index is 15.3. The first-order chi connectivity index (χ1) is 38.4. The lowest BCUT2D eigenvalue weighted by atomic mass is 9.77. The van der Waals surface area contributed by atoms with Crippen molar-refractivity contribution in [2.24, 2.45) is 4.99 Å². The number of aromatic nitrogens is 2. The Hall–Kier alpha value is -8.88. The molecule has 0 bridgehead atoms. The number of alkyl carbamates (subject to hydrolysis) is 1. The van der Waals surface area contributed by atoms with E-state index in [2.05, 4.69) is 41.9 Å². The number of aliphatic imine (C=N–C) groups is 1. The Morgan fingerprint density at radius 2 is 1.10 bits per heavy atom. The zero-order valence-corrected chi connectivity index (χ0v) is 47.3. The summed E-state index contributed by atoms with van der Waals surface area (Å²) in [7, 11) is 2.91. The summed E-state index contributed by atoms with van der Waals surface area (Å²) in [5.41, 5.74) is -0.142. The van der Waals surface area contributed by atoms with E-state index in [9.17, 15) is 28.8 Å². The first-order valence-corrected chi connectivity index (χ1v) is 26.7. The van der Waals surface area contributed by atoms with Crippen molar-refractivity contribution in [2.75, 3.05) is 20.7 Å². The molecule has 1 aliphatic rings. The number of methoxy groups -OCH3 is 1. The van der Waals surface area contributed by atoms with Gasteiger partial charge < -0.3 is 55.6 Å². The van der Waals surface area contributed by atoms with E-state index in [1.807, 2.05) is 121 Å². The van der Waals surface area contributed by atoms with E-state index in [4.69, 9.17) is 14.2 Å². The summed E-state index contributed by atoms with van der Waals surface area (Å²) in [6, 6.07) is 29.3. The van der Waals surface area contributed by atoms with E-state index in [0.29, 0.717) is 28.9 Å². The van der Waals surface area contributed by atoms with Crippen molar-refractivity contribution in [3.05, 3.63) is 162 Å². The molecule has 2 heterocycles. The van der Waals surface area contributed by atoms with Gasteiger partial charge in [0.15, 0.2) is 0 Å². The summed E-state index contributed by atoms with van der Waals surface area (Å²) in [5, 5.41) is 16.4. The van der Waals surface area contributed by atoms with Gasteiger partial charge in [-0.1, -0.05) is 121 Å². The third-order valence-electron chi connectivity index (χ3n) is 12.9. The number of nitrogens with one attached hydrogen (secondary N) is 6. The summed E-state index contributed by atoms with van der Waals surface area (Å²) in [6.07, 6.45) is 2.16. The van der Waals surface area contributed by atoms with Crippen LogP contribution in [0.1, 0.15) is 95.7 Å². The predicted molar refractivity (Wildman–Crippen MR) is 302 cm³/mol. The van der Waals surface area contributed by atoms with Crippen molar-refractivity contribution in [3.63, 3.8) is 0 Å². The van der Waals surface area contributed by atoms with Crippen LogP contribution in [0.25, 0.3) is 0 Å². The Morgan fingerprint density at radius 1 is 0.605 bits per heavy atom. The number of imidazole rings is 1. The second-order valence-corrected chi connectivity index (χ2v) is 21.8. The Balaban J connectivity index is 1.42. The van der Waals surface area contributed by atoms with Gasteiger partial charge in [-0.2, -0.15) is 0 Å². The number of nitrogens with zero attached hydrogens (tertiary/aromatic N) is 4. The fourth-order valence-electron chi connectivity index (χ4n) is 9.07. The lowest BCUT2D eigenvalue weighted by molar-refractivity contribution is -0.160. The molecule has 1 unspecified atom stereocenters. The number of hydrogen-bond acceptors (Lipinski definition) is 14. The molecule has 0 radical (unpaired) electrons. The molecule has 21 nitrogen and oxygen atoms in total. The van der Waals surface area contributed by atoms with Crippen molar-refractivity contribution in [3.8, 4) is 0 Å². The zero-order chi connectivity index (χ0) is 58.9. The van der Waals surface area contributed by atoms with Gasteiger partial charge in [-0.15, -0.1) is 0 Å². The lowest BCUT2D eigenvalue weighted by Crippen LogP contribution is -2.60. The fourth-order valence-corrected chi connectivity index (χ4v) is 9.07. The second-order valence-electron chi connectivity index (χ2n) is 21.8. The van der Waals surface area contributed by atoms with Gasteiger partial charge in [0.25, 0.3) is 0 Å². The Morgan fingerprint density at radius 3 is 1.62 bits per heavy atom. The number of benzene rings is 4. The molecule has 1 aromatic heterocycles. The van der Waals surface area contributed by atoms with E-state index in [1.165, 1.54) is 6.92 Å². The number of esters is 2. The molecule has 0 saturated heterocycles. The van der Waals surface area contributed by atoms with Crippen LogP contribution in [0.15, 0.2) is 139 Å². The minimum Gasteiger partial charge on any atom is -0.467 e. The molecule has 0 fully saturated rings. The molecule has 0 spiro atoms. The molecule has 0 aliphatic carbocycles. The lowest BCUT2D eigenvalue weighted by Gasteiger charge is -2.37. The van der Waals surface area contributed by atoms with Crippen LogP contribution < -0.4 is 31.9 Å². The smallest absolute Gasteiger partial charge is 0.408 e. The van der Waals surface area contributed by atoms with Crippen LogP contribution >= 0.6 is 0 Å². The SMILES string of the molecule is COC(=O)[C@H](C)NC(=O)C[C@@H](NC(=O)[C@H](Cc1cn(Cc2ccccc2)cn1)NC(=O)[C@H](CC(=O)NC(c1ccccc1)(c1ccccc1)c1ccccc1)NC(=O)[C@H](CC1CN=CN1C)NC(=O)OC(C)(C)C)C(=O)OC(C)(C)C. The minimum atomic E-state index is -1.77. The maximum Gasteiger partial charge on any atom is 0.408 e. The van der Waals surface area contributed by atoms with Gasteiger partial charge in [0.2, 0.25) is 29.5 Å². The second kappa shape index (κ2) is 27.8. The summed E-state index contributed by atoms with van der Waals surface area (Å²) in [6.45, 7) is 11.8. The molecule has 6 N–H and O–H groups in total. The van der Waals surface area contributed by atoms with E-state index < -0.39 is 107 Å². The number of hydrogen-bond donors (Lipinski definition) is 6. The number of rotatable bonds is 24. The molecule has 81 heavy (non-hydrogen) atoms. The van der Waals surface area contributed by atoms with E-state index in [0.717, 1.165) is 12.7 Å². The number of amides is 6. The maximum absolute atomic E-state index is 15.3. The molecule has 6 rings (SSSR count). The third-order valence-corrected chi connectivity index (χ3v) is 12.9. The highest BCUT2D eigenvalue weighted by atomic mass is 16.6. The summed E-state index contributed by atoms with van der Waals surface area (Å²) in [5.74, 6) is -6.17. The fraction of sp³-hybridized carbons (Fsp3) is 0.400. The topological polar surface area (TPSA) is 270 Å². The highest BCUT2D eigenvalue weighted by Gasteiger charge is 2.41. The van der Waals surface area contributed by atoms with Crippen molar-refractivity contribution < 1.29 is 52.6 Å². The number of likely N-dealkylation sites (N-methyl/N-ethyl adjacent to an activating group) is 1. The number of carbonyl (C=O) groups is 8. The standard InChI is InChI=1S/C60H74N10O11/c1-39(55(76)79-9)63-50(71)33-49(56(77)80-58(2,3)4)66-52(73)46(30-44-36-70(38-62-44)35-40-22-14-10-15-23-40)64-54(75)48(65-53(74)47(31-45-34-61-37-69(45)8)67-57(78)81-59(5,6)7)32-51(72)68-60(41-24-16-11-17-25-41,42-26-18-12-19-27-42)43-28-20-13-21-29-43/h10-29,36-39,45-49H,30-35H2,1-9H3,(H,63,71)(H,64,75)(H,65,74)(H,66,73)(H,67,78)(H,68,72)/t39-,45?,46-,47-,48-,49+/m0/s1. The summed E-state index contributed by atoms with van der Waals surface area (Å²) < 4.78 is 17.7. The first-order valence-electron chi connectivity index (χ1n) is 26.7. The van der Waals surface area contributed by atoms with Gasteiger partial charge in [0, 0.05) is 26.2 Å². The summed E-state index contributed by atoms with van der Waals surface area (Å²) >= 11 is 0. The molecular weight excluding hydrogens is 1040 g/mol. The van der Waals surface area contributed by atoms with Crippen LogP contribution in [-0.2, 0) is 66.3 Å². The van der Waals surface area contributed by atoms with Gasteiger partial charge in [0.05, 0.1) is 50.9 Å². The molecule has 6 amide bonds. The molecule has 1 aliphatic heterocycles. The zero-order valence-electron chi connectivity index (χ0n) is 47.3. The van der Waals surface area contributed by atoms with Crippen LogP contribution in [0.4, 0.5) is 4.79 Å². The van der Waals surface area contributed by atoms with Crippen LogP contribution in [0.5, 0.6) is 0 Å². The Bertz CT molecular complexity index is 2880. The number of ether oxygens (including phenoxy) is 3. The van der Waals surface area contributed by atoms with Crippen LogP contribution in [0.2, 0.25) is 0 Å². The van der Waals surface area contributed by atoms with Gasteiger partial charge in [-0.3, -0.25) is 29.0 Å². The minimum absolute atomic E-state index is 0.00401. The molecule has 6 atom stereocenters. The quantitative estimate of drug-likeness (QED) is 0.0284. The van der Waals surface area contributed by atoms with Crippen LogP contribution in [0.3, 0.4) is 0 Å². The average Bonchev–Trinajstić information content (AvgIpc) is 4.09. The molecule has 430 valence electrons. The van der Waals surface area contributed by atoms with Gasteiger partial charge >= 0.3 is 18.0 Å². The monoisotopic (exact) mass is 1110 g/mol. The van der Waals surface area contributed by atoms with E-state index in [-0.39, 0.29) is 25.4 Å². The predicted octanol–water partition coefficient (Wildman–Crippen LogP) is 4.46. The number of carbonyl (C=O) groups excluding carboxylic acids is 8. The van der Waals surface area contributed by atoms with Gasteiger partial charge in [-0.05, 0) is 77.1 Å². The molecule has 4 aromatic carbocycles. The van der Waals surface area contributed by atoms with Gasteiger partial charge in [0.1, 0.15) is 47.0 Å². The van der Waals surface area contributed by atoms with Crippen molar-refractivity contribution >= 4 is 53.9 Å².